The number of hydrogen-bond donors (Lipinski definition) is 3. The van der Waals surface area contributed by atoms with Crippen molar-refractivity contribution in [3.05, 3.63) is 54.0 Å². The van der Waals surface area contributed by atoms with Gasteiger partial charge >= 0.3 is 0 Å². The van der Waals surface area contributed by atoms with E-state index in [9.17, 15) is 10.2 Å². The molecule has 2 aromatic rings. The first-order valence-electron chi connectivity index (χ1n) is 6.67. The quantitative estimate of drug-likeness (QED) is 0.810. The van der Waals surface area contributed by atoms with E-state index in [-0.39, 0.29) is 23.9 Å². The SMILES string of the molecule is COc1cc(O)cc(N2CC(O)=C(c3ccncc3)C2=N)c1. The molecule has 0 unspecified atom stereocenters. The van der Waals surface area contributed by atoms with E-state index in [4.69, 9.17) is 10.1 Å². The summed E-state index contributed by atoms with van der Waals surface area (Å²) >= 11 is 0. The summed E-state index contributed by atoms with van der Waals surface area (Å²) in [4.78, 5) is 5.54. The first kappa shape index (κ1) is 13.9. The van der Waals surface area contributed by atoms with Crippen LogP contribution in [-0.2, 0) is 0 Å². The fraction of sp³-hybridized carbons (Fsp3) is 0.125. The Hall–Kier alpha value is -3.02. The van der Waals surface area contributed by atoms with Crippen molar-refractivity contribution in [2.24, 2.45) is 0 Å². The molecule has 112 valence electrons. The minimum atomic E-state index is 0.0407. The number of ether oxygens (including phenoxy) is 1. The van der Waals surface area contributed by atoms with Crippen LogP contribution in [0.3, 0.4) is 0 Å². The highest BCUT2D eigenvalue weighted by molar-refractivity contribution is 6.30. The van der Waals surface area contributed by atoms with Crippen molar-refractivity contribution in [3.8, 4) is 11.5 Å². The number of aromatic nitrogens is 1. The smallest absolute Gasteiger partial charge is 0.137 e. The average Bonchev–Trinajstić information content (AvgIpc) is 2.82. The Morgan fingerprint density at radius 2 is 1.91 bits per heavy atom. The van der Waals surface area contributed by atoms with Crippen molar-refractivity contribution in [1.29, 1.82) is 5.41 Å². The summed E-state index contributed by atoms with van der Waals surface area (Å²) < 4.78 is 5.13. The van der Waals surface area contributed by atoms with E-state index in [0.29, 0.717) is 17.0 Å². The molecule has 0 spiro atoms. The normalized spacial score (nSPS) is 14.6. The first-order chi connectivity index (χ1) is 10.6. The van der Waals surface area contributed by atoms with E-state index in [1.165, 1.54) is 19.2 Å². The minimum absolute atomic E-state index is 0.0407. The summed E-state index contributed by atoms with van der Waals surface area (Å²) in [5.74, 6) is 0.800. The molecule has 22 heavy (non-hydrogen) atoms. The number of rotatable bonds is 3. The Bertz CT molecular complexity index is 756. The summed E-state index contributed by atoms with van der Waals surface area (Å²) in [5, 5.41) is 28.3. The summed E-state index contributed by atoms with van der Waals surface area (Å²) in [5.41, 5.74) is 1.77. The summed E-state index contributed by atoms with van der Waals surface area (Å²) in [7, 11) is 1.51. The van der Waals surface area contributed by atoms with Gasteiger partial charge in [-0.1, -0.05) is 0 Å². The third-order valence-electron chi connectivity index (χ3n) is 3.50. The van der Waals surface area contributed by atoms with Crippen LogP contribution in [0.5, 0.6) is 11.5 Å². The van der Waals surface area contributed by atoms with Crippen LogP contribution in [0, 0.1) is 5.41 Å². The third-order valence-corrected chi connectivity index (χ3v) is 3.50. The van der Waals surface area contributed by atoms with Gasteiger partial charge < -0.3 is 19.8 Å². The Kier molecular flexibility index (Phi) is 3.42. The van der Waals surface area contributed by atoms with Crippen LogP contribution in [0.15, 0.2) is 48.5 Å². The van der Waals surface area contributed by atoms with Gasteiger partial charge in [-0.05, 0) is 17.7 Å². The number of aromatic hydroxyl groups is 1. The van der Waals surface area contributed by atoms with Gasteiger partial charge in [-0.25, -0.2) is 0 Å². The van der Waals surface area contributed by atoms with Gasteiger partial charge in [0.25, 0.3) is 0 Å². The summed E-state index contributed by atoms with van der Waals surface area (Å²) in [6.07, 6.45) is 3.23. The molecule has 0 saturated heterocycles. The van der Waals surface area contributed by atoms with Crippen LogP contribution >= 0.6 is 0 Å². The van der Waals surface area contributed by atoms with Gasteiger partial charge in [0, 0.05) is 30.6 Å². The highest BCUT2D eigenvalue weighted by atomic mass is 16.5. The molecule has 1 aromatic heterocycles. The predicted octanol–water partition coefficient (Wildman–Crippen LogP) is 2.56. The Balaban J connectivity index is 1.97. The number of nitrogens with zero attached hydrogens (tertiary/aromatic N) is 2. The van der Waals surface area contributed by atoms with Crippen LogP contribution in [0.2, 0.25) is 0 Å². The second kappa shape index (κ2) is 5.40. The number of anilines is 1. The standard InChI is InChI=1S/C16H15N3O3/c1-22-13-7-11(6-12(20)8-13)19-9-14(21)15(16(19)17)10-2-4-18-5-3-10/h2-8,17,20-21H,9H2,1H3. The second-order valence-electron chi connectivity index (χ2n) is 4.88. The van der Waals surface area contributed by atoms with Crippen molar-refractivity contribution >= 4 is 17.1 Å². The average molecular weight is 297 g/mol. The number of nitrogens with one attached hydrogen (secondary N) is 1. The zero-order valence-electron chi connectivity index (χ0n) is 11.9. The molecular formula is C16H15N3O3. The molecule has 0 radical (unpaired) electrons. The van der Waals surface area contributed by atoms with Crippen molar-refractivity contribution in [1.82, 2.24) is 4.98 Å². The maximum Gasteiger partial charge on any atom is 0.137 e. The molecule has 3 rings (SSSR count). The van der Waals surface area contributed by atoms with E-state index in [0.717, 1.165) is 5.56 Å². The van der Waals surface area contributed by atoms with Crippen LogP contribution in [0.1, 0.15) is 5.56 Å². The molecule has 0 aliphatic carbocycles. The number of methoxy groups -OCH3 is 1. The topological polar surface area (TPSA) is 89.7 Å². The predicted molar refractivity (Wildman–Crippen MR) is 83.5 cm³/mol. The fourth-order valence-corrected chi connectivity index (χ4v) is 2.46. The molecule has 0 bridgehead atoms. The lowest BCUT2D eigenvalue weighted by Crippen LogP contribution is -2.26. The molecule has 6 nitrogen and oxygen atoms in total. The van der Waals surface area contributed by atoms with Gasteiger partial charge in [0.05, 0.1) is 24.9 Å². The monoisotopic (exact) mass is 297 g/mol. The number of aliphatic hydroxyl groups is 1. The highest BCUT2D eigenvalue weighted by Gasteiger charge is 2.29. The molecule has 6 heteroatoms. The number of phenols is 1. The Labute approximate surface area is 127 Å². The molecule has 0 fully saturated rings. The molecule has 3 N–H and O–H groups in total. The zero-order chi connectivity index (χ0) is 15.7. The molecule has 2 heterocycles. The first-order valence-corrected chi connectivity index (χ1v) is 6.67. The number of hydrogen-bond acceptors (Lipinski definition) is 5. The number of benzene rings is 1. The second-order valence-corrected chi connectivity index (χ2v) is 4.88. The lowest BCUT2D eigenvalue weighted by atomic mass is 10.1. The molecular weight excluding hydrogens is 282 g/mol. The summed E-state index contributed by atoms with van der Waals surface area (Å²) in [6, 6.07) is 8.20. The number of pyridine rings is 1. The van der Waals surface area contributed by atoms with E-state index in [1.54, 1.807) is 35.5 Å². The molecule has 1 aliphatic rings. The number of aliphatic hydroxyl groups excluding tert-OH is 1. The zero-order valence-corrected chi connectivity index (χ0v) is 11.9. The molecule has 1 aliphatic heterocycles. The highest BCUT2D eigenvalue weighted by Crippen LogP contribution is 2.34. The Morgan fingerprint density at radius 1 is 1.18 bits per heavy atom. The number of amidine groups is 1. The maximum atomic E-state index is 10.2. The minimum Gasteiger partial charge on any atom is -0.510 e. The van der Waals surface area contributed by atoms with Gasteiger partial charge in [0.15, 0.2) is 0 Å². The van der Waals surface area contributed by atoms with Gasteiger partial charge in [0.2, 0.25) is 0 Å². The van der Waals surface area contributed by atoms with E-state index >= 15 is 0 Å². The van der Waals surface area contributed by atoms with Crippen molar-refractivity contribution in [3.63, 3.8) is 0 Å². The molecule has 0 saturated carbocycles. The molecule has 1 aromatic carbocycles. The van der Waals surface area contributed by atoms with Crippen LogP contribution in [0.25, 0.3) is 5.57 Å². The molecule has 0 atom stereocenters. The van der Waals surface area contributed by atoms with E-state index < -0.39 is 0 Å². The van der Waals surface area contributed by atoms with Gasteiger partial charge in [-0.2, -0.15) is 0 Å². The summed E-state index contributed by atoms with van der Waals surface area (Å²) in [6.45, 7) is 0.170. The van der Waals surface area contributed by atoms with Crippen LogP contribution < -0.4 is 9.64 Å². The van der Waals surface area contributed by atoms with Gasteiger partial charge in [0.1, 0.15) is 23.1 Å². The van der Waals surface area contributed by atoms with Crippen molar-refractivity contribution in [2.75, 3.05) is 18.6 Å². The van der Waals surface area contributed by atoms with Crippen LogP contribution in [0.4, 0.5) is 5.69 Å². The van der Waals surface area contributed by atoms with Crippen LogP contribution in [-0.4, -0.2) is 34.7 Å². The van der Waals surface area contributed by atoms with E-state index in [2.05, 4.69) is 4.98 Å². The maximum absolute atomic E-state index is 10.2. The van der Waals surface area contributed by atoms with Gasteiger partial charge in [-0.3, -0.25) is 10.4 Å². The largest absolute Gasteiger partial charge is 0.510 e. The lowest BCUT2D eigenvalue weighted by Gasteiger charge is -2.20. The van der Waals surface area contributed by atoms with Crippen molar-refractivity contribution < 1.29 is 14.9 Å². The third kappa shape index (κ3) is 2.35. The Morgan fingerprint density at radius 3 is 2.59 bits per heavy atom. The lowest BCUT2D eigenvalue weighted by molar-refractivity contribution is 0.406. The fourth-order valence-electron chi connectivity index (χ4n) is 2.46. The number of phenolic OH excluding ortho intramolecular Hbond substituents is 1. The van der Waals surface area contributed by atoms with Crippen molar-refractivity contribution in [2.45, 2.75) is 0 Å². The molecule has 0 amide bonds. The van der Waals surface area contributed by atoms with Gasteiger partial charge in [-0.15, -0.1) is 0 Å². The van der Waals surface area contributed by atoms with E-state index in [1.807, 2.05) is 0 Å².